The zero-order valence-corrected chi connectivity index (χ0v) is 18.9. The predicted octanol–water partition coefficient (Wildman–Crippen LogP) is 4.67. The molecular formula is C24H28F2N6O. The van der Waals surface area contributed by atoms with Gasteiger partial charge in [0.25, 0.3) is 5.92 Å². The monoisotopic (exact) mass is 454 g/mol. The molecule has 33 heavy (non-hydrogen) atoms. The lowest BCUT2D eigenvalue weighted by atomic mass is 10.1. The van der Waals surface area contributed by atoms with Crippen LogP contribution >= 0.6 is 0 Å². The molecule has 7 nitrogen and oxygen atoms in total. The number of nitrogens with one attached hydrogen (secondary N) is 2. The predicted molar refractivity (Wildman–Crippen MR) is 126 cm³/mol. The summed E-state index contributed by atoms with van der Waals surface area (Å²) in [5.41, 5.74) is 1.68. The highest BCUT2D eigenvalue weighted by atomic mass is 19.3. The fraction of sp³-hybridized carbons (Fsp3) is 0.333. The number of allylic oxidation sites excluding steroid dienone is 1. The first-order valence-corrected chi connectivity index (χ1v) is 10.7. The Morgan fingerprint density at radius 1 is 1.18 bits per heavy atom. The van der Waals surface area contributed by atoms with Gasteiger partial charge >= 0.3 is 0 Å². The summed E-state index contributed by atoms with van der Waals surface area (Å²) >= 11 is 0. The highest BCUT2D eigenvalue weighted by Crippen LogP contribution is 2.26. The van der Waals surface area contributed by atoms with E-state index < -0.39 is 11.8 Å². The van der Waals surface area contributed by atoms with Crippen LogP contribution in [0.5, 0.6) is 0 Å². The molecule has 0 fully saturated rings. The molecule has 2 heterocycles. The van der Waals surface area contributed by atoms with Crippen LogP contribution in [0.25, 0.3) is 10.9 Å². The summed E-state index contributed by atoms with van der Waals surface area (Å²) in [6.45, 7) is 2.56. The van der Waals surface area contributed by atoms with Crippen molar-refractivity contribution in [2.24, 2.45) is 0 Å². The molecule has 0 spiro atoms. The Kier molecular flexibility index (Phi) is 8.00. The van der Waals surface area contributed by atoms with Crippen molar-refractivity contribution in [2.75, 3.05) is 31.3 Å². The van der Waals surface area contributed by atoms with Crippen LogP contribution in [0.1, 0.15) is 31.4 Å². The molecule has 0 saturated heterocycles. The fourth-order valence-electron chi connectivity index (χ4n) is 3.25. The highest BCUT2D eigenvalue weighted by molar-refractivity contribution is 6.00. The SMILES string of the molecule is CC(Nc1ncnc2cnc(NC(=O)C=CC(F)(F)CCCN(C)C)cc12)c1ccccc1. The second-order valence-corrected chi connectivity index (χ2v) is 8.08. The van der Waals surface area contributed by atoms with Crippen LogP contribution in [0.15, 0.2) is 61.1 Å². The third kappa shape index (κ3) is 7.28. The molecule has 0 aliphatic rings. The molecular weight excluding hydrogens is 426 g/mol. The van der Waals surface area contributed by atoms with E-state index in [2.05, 4.69) is 25.6 Å². The minimum atomic E-state index is -3.05. The molecule has 1 atom stereocenters. The number of carbonyl (C=O) groups is 1. The maximum Gasteiger partial charge on any atom is 0.267 e. The van der Waals surface area contributed by atoms with E-state index in [9.17, 15) is 13.6 Å². The molecule has 2 aromatic heterocycles. The summed E-state index contributed by atoms with van der Waals surface area (Å²) in [4.78, 5) is 26.7. The van der Waals surface area contributed by atoms with Crippen molar-refractivity contribution in [3.8, 4) is 0 Å². The summed E-state index contributed by atoms with van der Waals surface area (Å²) in [5.74, 6) is -2.93. The minimum Gasteiger partial charge on any atom is -0.363 e. The third-order valence-corrected chi connectivity index (χ3v) is 5.02. The second-order valence-electron chi connectivity index (χ2n) is 8.08. The number of pyridine rings is 1. The lowest BCUT2D eigenvalue weighted by Gasteiger charge is -2.16. The van der Waals surface area contributed by atoms with Gasteiger partial charge in [-0.05, 0) is 51.7 Å². The van der Waals surface area contributed by atoms with Gasteiger partial charge in [0.15, 0.2) is 0 Å². The number of rotatable bonds is 10. The number of hydrogen-bond acceptors (Lipinski definition) is 6. The first-order valence-electron chi connectivity index (χ1n) is 10.7. The molecule has 3 rings (SSSR count). The molecule has 1 amide bonds. The van der Waals surface area contributed by atoms with Crippen molar-refractivity contribution in [3.63, 3.8) is 0 Å². The number of carbonyl (C=O) groups excluding carboxylic acids is 1. The second kappa shape index (κ2) is 10.9. The summed E-state index contributed by atoms with van der Waals surface area (Å²) < 4.78 is 27.9. The van der Waals surface area contributed by atoms with Crippen molar-refractivity contribution in [1.82, 2.24) is 19.9 Å². The van der Waals surface area contributed by atoms with Crippen LogP contribution in [-0.2, 0) is 4.79 Å². The molecule has 3 aromatic rings. The summed E-state index contributed by atoms with van der Waals surface area (Å²) in [5, 5.41) is 6.53. The normalized spacial score (nSPS) is 12.9. The first kappa shape index (κ1) is 24.2. The zero-order chi connectivity index (χ0) is 23.8. The topological polar surface area (TPSA) is 83.0 Å². The van der Waals surface area contributed by atoms with Gasteiger partial charge in [0.1, 0.15) is 18.0 Å². The number of fused-ring (bicyclic) bond motifs is 1. The summed E-state index contributed by atoms with van der Waals surface area (Å²) in [7, 11) is 3.65. The van der Waals surface area contributed by atoms with E-state index in [1.54, 1.807) is 6.07 Å². The van der Waals surface area contributed by atoms with E-state index in [0.717, 1.165) is 11.6 Å². The third-order valence-electron chi connectivity index (χ3n) is 5.02. The van der Waals surface area contributed by atoms with Crippen LogP contribution in [0, 0.1) is 0 Å². The molecule has 0 saturated carbocycles. The molecule has 0 aliphatic carbocycles. The van der Waals surface area contributed by atoms with Gasteiger partial charge in [0.2, 0.25) is 5.91 Å². The first-order chi connectivity index (χ1) is 15.7. The van der Waals surface area contributed by atoms with E-state index in [4.69, 9.17) is 0 Å². The van der Waals surface area contributed by atoms with Crippen LogP contribution in [-0.4, -0.2) is 52.3 Å². The maximum absolute atomic E-state index is 14.0. The van der Waals surface area contributed by atoms with Gasteiger partial charge in [-0.3, -0.25) is 4.79 Å². The molecule has 9 heteroatoms. The lowest BCUT2D eigenvalue weighted by Crippen LogP contribution is -2.19. The number of halogens is 2. The van der Waals surface area contributed by atoms with Gasteiger partial charge in [0.05, 0.1) is 11.7 Å². The van der Waals surface area contributed by atoms with Gasteiger partial charge < -0.3 is 15.5 Å². The van der Waals surface area contributed by atoms with E-state index in [1.165, 1.54) is 12.5 Å². The molecule has 174 valence electrons. The van der Waals surface area contributed by atoms with Gasteiger partial charge in [-0.15, -0.1) is 0 Å². The highest BCUT2D eigenvalue weighted by Gasteiger charge is 2.24. The van der Waals surface area contributed by atoms with E-state index in [1.807, 2.05) is 56.3 Å². The number of aromatic nitrogens is 3. The maximum atomic E-state index is 14.0. The Morgan fingerprint density at radius 2 is 1.94 bits per heavy atom. The molecule has 1 unspecified atom stereocenters. The quantitative estimate of drug-likeness (QED) is 0.433. The average Bonchev–Trinajstić information content (AvgIpc) is 2.78. The summed E-state index contributed by atoms with van der Waals surface area (Å²) in [6.07, 6.45) is 4.43. The van der Waals surface area contributed by atoms with Crippen molar-refractivity contribution in [3.05, 3.63) is 66.6 Å². The Bertz CT molecular complexity index is 1100. The van der Waals surface area contributed by atoms with Crippen molar-refractivity contribution in [2.45, 2.75) is 31.7 Å². The number of alkyl halides is 2. The largest absolute Gasteiger partial charge is 0.363 e. The molecule has 0 radical (unpaired) electrons. The zero-order valence-electron chi connectivity index (χ0n) is 18.9. The van der Waals surface area contributed by atoms with Crippen molar-refractivity contribution < 1.29 is 13.6 Å². The molecule has 1 aromatic carbocycles. The number of hydrogen-bond donors (Lipinski definition) is 2. The van der Waals surface area contributed by atoms with E-state index in [-0.39, 0.29) is 18.3 Å². The molecule has 0 bridgehead atoms. The van der Waals surface area contributed by atoms with Gasteiger partial charge in [-0.2, -0.15) is 0 Å². The van der Waals surface area contributed by atoms with Gasteiger partial charge in [-0.1, -0.05) is 30.3 Å². The number of benzene rings is 1. The average molecular weight is 455 g/mol. The minimum absolute atomic E-state index is 0.0202. The van der Waals surface area contributed by atoms with Crippen LogP contribution < -0.4 is 10.6 Å². The van der Waals surface area contributed by atoms with Gasteiger partial charge in [-0.25, -0.2) is 23.7 Å². The van der Waals surface area contributed by atoms with Gasteiger partial charge in [0, 0.05) is 23.9 Å². The molecule has 0 aliphatic heterocycles. The number of amides is 1. The summed E-state index contributed by atoms with van der Waals surface area (Å²) in [6, 6.07) is 11.5. The Labute approximate surface area is 192 Å². The van der Waals surface area contributed by atoms with Crippen molar-refractivity contribution in [1.29, 1.82) is 0 Å². The Balaban J connectivity index is 1.70. The number of nitrogens with zero attached hydrogens (tertiary/aromatic N) is 4. The molecule has 2 N–H and O–H groups in total. The standard InChI is InChI=1S/C24H28F2N6O/c1-17(18-8-5-4-6-9-18)30-23-19-14-21(27-15-20(19)28-16-29-23)31-22(33)10-12-24(25,26)11-7-13-32(2)3/h4-6,8-10,12,14-17H,7,11,13H2,1-3H3,(H,27,31,33)(H,28,29,30). The lowest BCUT2D eigenvalue weighted by molar-refractivity contribution is -0.112. The number of anilines is 2. The smallest absolute Gasteiger partial charge is 0.267 e. The fourth-order valence-corrected chi connectivity index (χ4v) is 3.25. The Hall–Kier alpha value is -3.46. The van der Waals surface area contributed by atoms with Crippen LogP contribution in [0.4, 0.5) is 20.4 Å². The Morgan fingerprint density at radius 3 is 2.67 bits per heavy atom. The van der Waals surface area contributed by atoms with E-state index in [0.29, 0.717) is 35.8 Å². The van der Waals surface area contributed by atoms with E-state index >= 15 is 0 Å². The van der Waals surface area contributed by atoms with Crippen molar-refractivity contribution >= 4 is 28.4 Å². The van der Waals surface area contributed by atoms with Crippen LogP contribution in [0.2, 0.25) is 0 Å². The van der Waals surface area contributed by atoms with Crippen LogP contribution in [0.3, 0.4) is 0 Å².